The molecule has 0 amide bonds. The molecular formula is C17H20N4O4S. The minimum absolute atomic E-state index is 0.196. The van der Waals surface area contributed by atoms with Crippen LogP contribution in [0.1, 0.15) is 31.8 Å². The molecule has 1 aromatic carbocycles. The predicted molar refractivity (Wildman–Crippen MR) is 98.0 cm³/mol. The molecule has 1 atom stereocenters. The molecule has 26 heavy (non-hydrogen) atoms. The first kappa shape index (κ1) is 18.3. The van der Waals surface area contributed by atoms with Gasteiger partial charge in [0.05, 0.1) is 22.8 Å². The second kappa shape index (κ2) is 7.38. The maximum absolute atomic E-state index is 12.6. The van der Waals surface area contributed by atoms with E-state index in [0.717, 1.165) is 6.42 Å². The molecule has 3 rings (SSSR count). The lowest BCUT2D eigenvalue weighted by atomic mass is 10.2. The normalized spacial score (nSPS) is 12.5. The number of H-pyrrole nitrogens is 1. The highest BCUT2D eigenvalue weighted by Gasteiger charge is 2.17. The van der Waals surface area contributed by atoms with Gasteiger partial charge in [-0.05, 0) is 38.5 Å². The SMILES string of the molecule is CCCc1nc(C)c2c(=O)[nH]c(-c3cc(S(=O)O)ccc3OCC)nn12. The van der Waals surface area contributed by atoms with E-state index in [-0.39, 0.29) is 16.3 Å². The first-order valence-electron chi connectivity index (χ1n) is 8.32. The summed E-state index contributed by atoms with van der Waals surface area (Å²) in [4.78, 5) is 20.0. The number of aryl methyl sites for hydroxylation is 2. The van der Waals surface area contributed by atoms with E-state index in [1.807, 2.05) is 13.8 Å². The third kappa shape index (κ3) is 3.27. The van der Waals surface area contributed by atoms with Gasteiger partial charge >= 0.3 is 0 Å². The summed E-state index contributed by atoms with van der Waals surface area (Å²) in [6.45, 7) is 6.04. The van der Waals surface area contributed by atoms with Gasteiger partial charge in [-0.25, -0.2) is 13.7 Å². The average Bonchev–Trinajstić information content (AvgIpc) is 2.92. The first-order valence-corrected chi connectivity index (χ1v) is 9.43. The zero-order chi connectivity index (χ0) is 18.8. The van der Waals surface area contributed by atoms with Gasteiger partial charge in [0.1, 0.15) is 11.6 Å². The maximum Gasteiger partial charge on any atom is 0.277 e. The molecule has 138 valence electrons. The Morgan fingerprint density at radius 1 is 1.35 bits per heavy atom. The number of fused-ring (bicyclic) bond motifs is 1. The number of aromatic amines is 1. The van der Waals surface area contributed by atoms with E-state index in [1.54, 1.807) is 17.5 Å². The van der Waals surface area contributed by atoms with Gasteiger partial charge in [-0.3, -0.25) is 4.79 Å². The largest absolute Gasteiger partial charge is 0.493 e. The number of aromatic nitrogens is 4. The van der Waals surface area contributed by atoms with Crippen LogP contribution in [0.4, 0.5) is 0 Å². The van der Waals surface area contributed by atoms with Crippen molar-refractivity contribution in [2.75, 3.05) is 6.61 Å². The van der Waals surface area contributed by atoms with Crippen LogP contribution in [0.2, 0.25) is 0 Å². The Balaban J connectivity index is 2.28. The van der Waals surface area contributed by atoms with Gasteiger partial charge in [0.25, 0.3) is 5.56 Å². The predicted octanol–water partition coefficient (Wildman–Crippen LogP) is 2.32. The number of imidazole rings is 1. The molecule has 0 aliphatic rings. The molecule has 0 saturated carbocycles. The summed E-state index contributed by atoms with van der Waals surface area (Å²) in [7, 11) is 0. The summed E-state index contributed by atoms with van der Waals surface area (Å²) >= 11 is -2.16. The number of rotatable bonds is 6. The molecule has 9 heteroatoms. The Bertz CT molecular complexity index is 1040. The molecule has 3 aromatic rings. The quantitative estimate of drug-likeness (QED) is 0.639. The maximum atomic E-state index is 12.6. The number of benzene rings is 1. The van der Waals surface area contributed by atoms with Crippen LogP contribution in [-0.4, -0.2) is 35.0 Å². The van der Waals surface area contributed by atoms with Crippen LogP contribution in [0, 0.1) is 6.92 Å². The molecule has 2 heterocycles. The van der Waals surface area contributed by atoms with Crippen LogP contribution in [0.5, 0.6) is 5.75 Å². The molecule has 1 unspecified atom stereocenters. The van der Waals surface area contributed by atoms with Crippen LogP contribution in [-0.2, 0) is 17.5 Å². The highest BCUT2D eigenvalue weighted by Crippen LogP contribution is 2.29. The van der Waals surface area contributed by atoms with Crippen molar-refractivity contribution in [3.8, 4) is 17.1 Å². The fourth-order valence-electron chi connectivity index (χ4n) is 2.83. The lowest BCUT2D eigenvalue weighted by molar-refractivity contribution is 0.341. The standard InChI is InChI=1S/C17H20N4O4S/c1-4-6-14-18-10(3)15-17(22)19-16(20-21(14)15)12-9-11(26(23)24)7-8-13(12)25-5-2/h7-9H,4-6H2,1-3H3,(H,23,24)(H,19,20,22). The van der Waals surface area contributed by atoms with Crippen LogP contribution in [0.25, 0.3) is 16.9 Å². The number of nitrogens with one attached hydrogen (secondary N) is 1. The topological polar surface area (TPSA) is 110 Å². The van der Waals surface area contributed by atoms with Gasteiger partial charge in [-0.15, -0.1) is 5.10 Å². The minimum atomic E-state index is -2.16. The van der Waals surface area contributed by atoms with Crippen molar-refractivity contribution in [1.29, 1.82) is 0 Å². The number of nitrogens with zero attached hydrogens (tertiary/aromatic N) is 3. The molecule has 0 spiro atoms. The molecule has 8 nitrogen and oxygen atoms in total. The first-order chi connectivity index (χ1) is 12.5. The lowest BCUT2D eigenvalue weighted by Gasteiger charge is -2.11. The molecule has 0 fully saturated rings. The summed E-state index contributed by atoms with van der Waals surface area (Å²) in [5, 5.41) is 4.53. The third-order valence-corrected chi connectivity index (χ3v) is 4.58. The Labute approximate surface area is 152 Å². The molecule has 0 bridgehead atoms. The second-order valence-electron chi connectivity index (χ2n) is 5.77. The number of ether oxygens (including phenoxy) is 1. The van der Waals surface area contributed by atoms with Gasteiger partial charge in [-0.1, -0.05) is 6.92 Å². The van der Waals surface area contributed by atoms with Gasteiger partial charge in [0.15, 0.2) is 22.4 Å². The monoisotopic (exact) mass is 376 g/mol. The second-order valence-corrected chi connectivity index (χ2v) is 6.74. The Morgan fingerprint density at radius 3 is 2.77 bits per heavy atom. The van der Waals surface area contributed by atoms with Crippen LogP contribution in [0.15, 0.2) is 27.9 Å². The van der Waals surface area contributed by atoms with Crippen molar-refractivity contribution < 1.29 is 13.5 Å². The van der Waals surface area contributed by atoms with E-state index in [1.165, 1.54) is 12.1 Å². The van der Waals surface area contributed by atoms with Crippen molar-refractivity contribution in [2.45, 2.75) is 38.5 Å². The summed E-state index contributed by atoms with van der Waals surface area (Å²) in [5.74, 6) is 1.43. The molecule has 0 aliphatic heterocycles. The van der Waals surface area contributed by atoms with Crippen LogP contribution < -0.4 is 10.3 Å². The van der Waals surface area contributed by atoms with E-state index in [9.17, 15) is 13.6 Å². The van der Waals surface area contributed by atoms with Crippen molar-refractivity contribution in [3.63, 3.8) is 0 Å². The van der Waals surface area contributed by atoms with E-state index in [0.29, 0.717) is 41.4 Å². The molecule has 0 radical (unpaired) electrons. The number of hydrogen-bond acceptors (Lipinski definition) is 5. The van der Waals surface area contributed by atoms with Crippen molar-refractivity contribution >= 4 is 16.6 Å². The summed E-state index contributed by atoms with van der Waals surface area (Å²) in [6, 6.07) is 4.60. The minimum Gasteiger partial charge on any atom is -0.493 e. The van der Waals surface area contributed by atoms with Crippen molar-refractivity contribution in [2.24, 2.45) is 0 Å². The van der Waals surface area contributed by atoms with Gasteiger partial charge < -0.3 is 14.3 Å². The molecule has 0 saturated heterocycles. The zero-order valence-electron chi connectivity index (χ0n) is 14.8. The average molecular weight is 376 g/mol. The molecule has 0 aliphatic carbocycles. The Hall–Kier alpha value is -2.52. The fraction of sp³-hybridized carbons (Fsp3) is 0.353. The van der Waals surface area contributed by atoms with Gasteiger partial charge in [0.2, 0.25) is 0 Å². The van der Waals surface area contributed by atoms with E-state index >= 15 is 0 Å². The lowest BCUT2D eigenvalue weighted by Crippen LogP contribution is -2.16. The molecule has 2 N–H and O–H groups in total. The number of hydrogen-bond donors (Lipinski definition) is 2. The van der Waals surface area contributed by atoms with E-state index in [4.69, 9.17) is 4.74 Å². The highest BCUT2D eigenvalue weighted by atomic mass is 32.2. The molecule has 2 aromatic heterocycles. The van der Waals surface area contributed by atoms with E-state index < -0.39 is 11.1 Å². The fourth-order valence-corrected chi connectivity index (χ4v) is 3.23. The summed E-state index contributed by atoms with van der Waals surface area (Å²) in [5.41, 5.74) is 1.14. The van der Waals surface area contributed by atoms with Gasteiger partial charge in [-0.2, -0.15) is 0 Å². The zero-order valence-corrected chi connectivity index (χ0v) is 15.6. The Kier molecular flexibility index (Phi) is 5.19. The van der Waals surface area contributed by atoms with Gasteiger partial charge in [0, 0.05) is 6.42 Å². The third-order valence-electron chi connectivity index (χ3n) is 3.92. The van der Waals surface area contributed by atoms with Crippen LogP contribution >= 0.6 is 0 Å². The summed E-state index contributed by atoms with van der Waals surface area (Å²) < 4.78 is 28.0. The van der Waals surface area contributed by atoms with E-state index in [2.05, 4.69) is 15.1 Å². The van der Waals surface area contributed by atoms with Crippen LogP contribution in [0.3, 0.4) is 0 Å². The highest BCUT2D eigenvalue weighted by molar-refractivity contribution is 7.79. The Morgan fingerprint density at radius 2 is 2.12 bits per heavy atom. The van der Waals surface area contributed by atoms with Crippen molar-refractivity contribution in [1.82, 2.24) is 19.6 Å². The summed E-state index contributed by atoms with van der Waals surface area (Å²) in [6.07, 6.45) is 1.55. The molecular weight excluding hydrogens is 356 g/mol. The van der Waals surface area contributed by atoms with Crippen molar-refractivity contribution in [3.05, 3.63) is 40.1 Å². The smallest absolute Gasteiger partial charge is 0.277 e.